The largest absolute Gasteiger partial charge is 0.497 e. The zero-order valence-electron chi connectivity index (χ0n) is 13.5. The second-order valence-corrected chi connectivity index (χ2v) is 7.28. The maximum Gasteiger partial charge on any atom is 0.257 e. The third-order valence-electron chi connectivity index (χ3n) is 3.56. The van der Waals surface area contributed by atoms with E-state index in [1.807, 2.05) is 13.0 Å². The standard InChI is InChI=1S/C18H14Cl2N2O2S/c1-10-16(14-8-5-12(19)9-15(14)20)21-18(25-10)22-17(23)11-3-6-13(24-2)7-4-11/h3-9H,1-2H3,(H,21,22,23). The van der Waals surface area contributed by atoms with E-state index in [2.05, 4.69) is 10.3 Å². The fourth-order valence-electron chi connectivity index (χ4n) is 2.29. The van der Waals surface area contributed by atoms with Crippen LogP contribution in [-0.2, 0) is 0 Å². The van der Waals surface area contributed by atoms with Crippen LogP contribution in [0, 0.1) is 6.92 Å². The molecular formula is C18H14Cl2N2O2S. The van der Waals surface area contributed by atoms with Crippen molar-refractivity contribution in [2.24, 2.45) is 0 Å². The Kier molecular flexibility index (Phi) is 5.27. The van der Waals surface area contributed by atoms with E-state index in [-0.39, 0.29) is 5.91 Å². The molecule has 1 aromatic heterocycles. The fraction of sp³-hybridized carbons (Fsp3) is 0.111. The topological polar surface area (TPSA) is 51.2 Å². The molecule has 128 valence electrons. The quantitative estimate of drug-likeness (QED) is 0.620. The van der Waals surface area contributed by atoms with Gasteiger partial charge in [0.15, 0.2) is 5.13 Å². The van der Waals surface area contributed by atoms with Crippen molar-refractivity contribution in [3.63, 3.8) is 0 Å². The van der Waals surface area contributed by atoms with Crippen LogP contribution in [0.5, 0.6) is 5.75 Å². The van der Waals surface area contributed by atoms with Crippen molar-refractivity contribution in [3.8, 4) is 17.0 Å². The highest BCUT2D eigenvalue weighted by Gasteiger charge is 2.15. The van der Waals surface area contributed by atoms with E-state index in [0.717, 1.165) is 16.1 Å². The molecule has 0 fully saturated rings. The van der Waals surface area contributed by atoms with Crippen LogP contribution in [0.4, 0.5) is 5.13 Å². The number of aryl methyl sites for hydroxylation is 1. The van der Waals surface area contributed by atoms with Crippen LogP contribution in [0.1, 0.15) is 15.2 Å². The molecule has 0 bridgehead atoms. The molecular weight excluding hydrogens is 379 g/mol. The second kappa shape index (κ2) is 7.44. The van der Waals surface area contributed by atoms with Gasteiger partial charge in [0, 0.05) is 21.0 Å². The first-order chi connectivity index (χ1) is 12.0. The van der Waals surface area contributed by atoms with Crippen molar-refractivity contribution in [2.45, 2.75) is 6.92 Å². The number of nitrogens with one attached hydrogen (secondary N) is 1. The van der Waals surface area contributed by atoms with E-state index in [0.29, 0.717) is 26.5 Å². The number of hydrogen-bond donors (Lipinski definition) is 1. The smallest absolute Gasteiger partial charge is 0.257 e. The summed E-state index contributed by atoms with van der Waals surface area (Å²) in [5, 5.41) is 4.42. The van der Waals surface area contributed by atoms with Crippen molar-refractivity contribution < 1.29 is 9.53 Å². The Morgan fingerprint density at radius 1 is 1.16 bits per heavy atom. The predicted molar refractivity (Wildman–Crippen MR) is 103 cm³/mol. The molecule has 0 spiro atoms. The van der Waals surface area contributed by atoms with Crippen molar-refractivity contribution in [3.05, 3.63) is 63.0 Å². The number of ether oxygens (including phenoxy) is 1. The summed E-state index contributed by atoms with van der Waals surface area (Å²) in [6.07, 6.45) is 0. The lowest BCUT2D eigenvalue weighted by Gasteiger charge is -2.04. The average Bonchev–Trinajstić information content (AvgIpc) is 2.95. The Balaban J connectivity index is 1.83. The van der Waals surface area contributed by atoms with Gasteiger partial charge in [-0.05, 0) is 49.4 Å². The molecule has 1 heterocycles. The normalized spacial score (nSPS) is 10.6. The highest BCUT2D eigenvalue weighted by atomic mass is 35.5. The molecule has 0 saturated heterocycles. The number of thiazole rings is 1. The van der Waals surface area contributed by atoms with Crippen LogP contribution in [0.2, 0.25) is 10.0 Å². The highest BCUT2D eigenvalue weighted by molar-refractivity contribution is 7.16. The van der Waals surface area contributed by atoms with Crippen LogP contribution < -0.4 is 10.1 Å². The van der Waals surface area contributed by atoms with Gasteiger partial charge < -0.3 is 4.74 Å². The number of carbonyl (C=O) groups excluding carboxylic acids is 1. The first-order valence-corrected chi connectivity index (χ1v) is 8.93. The third-order valence-corrected chi connectivity index (χ3v) is 4.99. The number of methoxy groups -OCH3 is 1. The van der Waals surface area contributed by atoms with Crippen LogP contribution in [-0.4, -0.2) is 18.0 Å². The Morgan fingerprint density at radius 3 is 2.52 bits per heavy atom. The van der Waals surface area contributed by atoms with E-state index in [1.165, 1.54) is 11.3 Å². The Hall–Kier alpha value is -2.08. The van der Waals surface area contributed by atoms with Crippen LogP contribution >= 0.6 is 34.5 Å². The summed E-state index contributed by atoms with van der Waals surface area (Å²) >= 11 is 13.6. The molecule has 2 aromatic carbocycles. The fourth-order valence-corrected chi connectivity index (χ4v) is 3.61. The molecule has 0 unspecified atom stereocenters. The SMILES string of the molecule is COc1ccc(C(=O)Nc2nc(-c3ccc(Cl)cc3Cl)c(C)s2)cc1. The minimum Gasteiger partial charge on any atom is -0.497 e. The van der Waals surface area contributed by atoms with E-state index in [4.69, 9.17) is 27.9 Å². The first-order valence-electron chi connectivity index (χ1n) is 7.36. The van der Waals surface area contributed by atoms with Gasteiger partial charge in [0.2, 0.25) is 0 Å². The second-order valence-electron chi connectivity index (χ2n) is 5.23. The first kappa shape index (κ1) is 17.7. The van der Waals surface area contributed by atoms with E-state index in [1.54, 1.807) is 43.5 Å². The van der Waals surface area contributed by atoms with Crippen LogP contribution in [0.15, 0.2) is 42.5 Å². The maximum atomic E-state index is 12.4. The van der Waals surface area contributed by atoms with Gasteiger partial charge in [0.05, 0.1) is 17.8 Å². The Labute approximate surface area is 159 Å². The molecule has 1 N–H and O–H groups in total. The number of rotatable bonds is 4. The summed E-state index contributed by atoms with van der Waals surface area (Å²) in [6, 6.07) is 12.1. The van der Waals surface area contributed by atoms with Gasteiger partial charge in [0.25, 0.3) is 5.91 Å². The summed E-state index contributed by atoms with van der Waals surface area (Å²) in [7, 11) is 1.58. The number of halogens is 2. The number of aromatic nitrogens is 1. The minimum absolute atomic E-state index is 0.231. The van der Waals surface area contributed by atoms with Crippen LogP contribution in [0.3, 0.4) is 0 Å². The van der Waals surface area contributed by atoms with Gasteiger partial charge >= 0.3 is 0 Å². The lowest BCUT2D eigenvalue weighted by molar-refractivity contribution is 0.102. The maximum absolute atomic E-state index is 12.4. The van der Waals surface area contributed by atoms with Crippen LogP contribution in [0.25, 0.3) is 11.3 Å². The molecule has 0 atom stereocenters. The minimum atomic E-state index is -0.231. The lowest BCUT2D eigenvalue weighted by Crippen LogP contribution is -2.11. The van der Waals surface area contributed by atoms with Crippen molar-refractivity contribution >= 4 is 45.6 Å². The van der Waals surface area contributed by atoms with Gasteiger partial charge in [-0.2, -0.15) is 0 Å². The summed E-state index contributed by atoms with van der Waals surface area (Å²) in [4.78, 5) is 17.8. The number of anilines is 1. The molecule has 25 heavy (non-hydrogen) atoms. The molecule has 3 rings (SSSR count). The van der Waals surface area contributed by atoms with Gasteiger partial charge in [-0.3, -0.25) is 10.1 Å². The zero-order chi connectivity index (χ0) is 18.0. The monoisotopic (exact) mass is 392 g/mol. The number of carbonyl (C=O) groups is 1. The van der Waals surface area contributed by atoms with Gasteiger partial charge in [-0.25, -0.2) is 4.98 Å². The van der Waals surface area contributed by atoms with Gasteiger partial charge in [0.1, 0.15) is 5.75 Å². The molecule has 3 aromatic rings. The molecule has 0 aliphatic rings. The Bertz CT molecular complexity index is 923. The van der Waals surface area contributed by atoms with E-state index >= 15 is 0 Å². The molecule has 0 radical (unpaired) electrons. The van der Waals surface area contributed by atoms with Crippen molar-refractivity contribution in [1.29, 1.82) is 0 Å². The van der Waals surface area contributed by atoms with E-state index < -0.39 is 0 Å². The average molecular weight is 393 g/mol. The third kappa shape index (κ3) is 3.95. The molecule has 0 saturated carbocycles. The number of benzene rings is 2. The summed E-state index contributed by atoms with van der Waals surface area (Å²) in [6.45, 7) is 1.93. The van der Waals surface area contributed by atoms with Gasteiger partial charge in [-0.1, -0.05) is 23.2 Å². The summed E-state index contributed by atoms with van der Waals surface area (Å²) in [5.74, 6) is 0.464. The van der Waals surface area contributed by atoms with E-state index in [9.17, 15) is 4.79 Å². The Morgan fingerprint density at radius 2 is 1.88 bits per heavy atom. The zero-order valence-corrected chi connectivity index (χ0v) is 15.8. The molecule has 0 aliphatic carbocycles. The number of amides is 1. The molecule has 0 aliphatic heterocycles. The summed E-state index contributed by atoms with van der Waals surface area (Å²) in [5.41, 5.74) is 2.04. The van der Waals surface area contributed by atoms with Gasteiger partial charge in [-0.15, -0.1) is 11.3 Å². The van der Waals surface area contributed by atoms with Crippen molar-refractivity contribution in [2.75, 3.05) is 12.4 Å². The predicted octanol–water partition coefficient (Wildman–Crippen LogP) is 5.69. The number of nitrogens with zero attached hydrogens (tertiary/aromatic N) is 1. The summed E-state index contributed by atoms with van der Waals surface area (Å²) < 4.78 is 5.09. The molecule has 4 nitrogen and oxygen atoms in total. The lowest BCUT2D eigenvalue weighted by atomic mass is 10.1. The molecule has 7 heteroatoms. The molecule has 1 amide bonds. The highest BCUT2D eigenvalue weighted by Crippen LogP contribution is 2.35. The number of hydrogen-bond acceptors (Lipinski definition) is 4. The van der Waals surface area contributed by atoms with Crippen molar-refractivity contribution in [1.82, 2.24) is 4.98 Å².